The van der Waals surface area contributed by atoms with Crippen LogP contribution in [0.25, 0.3) is 0 Å². The van der Waals surface area contributed by atoms with Crippen LogP contribution in [-0.4, -0.2) is 22.0 Å². The van der Waals surface area contributed by atoms with Gasteiger partial charge in [0.2, 0.25) is 0 Å². The van der Waals surface area contributed by atoms with Crippen molar-refractivity contribution in [2.24, 2.45) is 15.7 Å². The molecule has 21 heavy (non-hydrogen) atoms. The smallest absolute Gasteiger partial charge is 0.181 e. The summed E-state index contributed by atoms with van der Waals surface area (Å²) < 4.78 is 0. The summed E-state index contributed by atoms with van der Waals surface area (Å²) >= 11 is 0. The number of nitrogens with two attached hydrogens (primary N) is 1. The first kappa shape index (κ1) is 12.9. The van der Waals surface area contributed by atoms with E-state index in [2.05, 4.69) is 26.0 Å². The summed E-state index contributed by atoms with van der Waals surface area (Å²) in [6, 6.07) is 9.98. The van der Waals surface area contributed by atoms with E-state index in [1.165, 1.54) is 6.34 Å². The Morgan fingerprint density at radius 2 is 2.10 bits per heavy atom. The van der Waals surface area contributed by atoms with Gasteiger partial charge in [-0.1, -0.05) is 18.2 Å². The number of para-hydroxylation sites is 1. The summed E-state index contributed by atoms with van der Waals surface area (Å²) in [4.78, 5) is 17.1. The van der Waals surface area contributed by atoms with Crippen molar-refractivity contribution >= 4 is 23.6 Å². The van der Waals surface area contributed by atoms with Gasteiger partial charge in [0.15, 0.2) is 5.82 Å². The van der Waals surface area contributed by atoms with E-state index in [0.717, 1.165) is 11.3 Å². The molecule has 0 bridgehead atoms. The van der Waals surface area contributed by atoms with Gasteiger partial charge in [0.05, 0.1) is 23.8 Å². The Balaban J connectivity index is 2.13. The standard InChI is InChI=1S/C15H12N6/c16-6-5-11-10-3-1-2-4-12(10)21-13(11)14-15(20-9-17)19-8-7-18-14/h1-4,7-9,11H,5H2,(H2,17,19,20). The highest BCUT2D eigenvalue weighted by Gasteiger charge is 2.30. The van der Waals surface area contributed by atoms with Crippen molar-refractivity contribution in [2.45, 2.75) is 12.3 Å². The minimum atomic E-state index is -0.116. The van der Waals surface area contributed by atoms with E-state index < -0.39 is 0 Å². The van der Waals surface area contributed by atoms with Gasteiger partial charge in [0.1, 0.15) is 5.69 Å². The third-order valence-electron chi connectivity index (χ3n) is 3.30. The molecule has 0 spiro atoms. The average molecular weight is 276 g/mol. The van der Waals surface area contributed by atoms with Crippen LogP contribution in [0, 0.1) is 11.3 Å². The maximum absolute atomic E-state index is 9.10. The fourth-order valence-electron chi connectivity index (χ4n) is 2.43. The molecule has 2 N–H and O–H groups in total. The van der Waals surface area contributed by atoms with Crippen molar-refractivity contribution < 1.29 is 0 Å². The first-order valence-electron chi connectivity index (χ1n) is 6.45. The van der Waals surface area contributed by atoms with E-state index in [0.29, 0.717) is 23.6 Å². The van der Waals surface area contributed by atoms with Gasteiger partial charge >= 0.3 is 0 Å². The van der Waals surface area contributed by atoms with E-state index in [1.807, 2.05) is 24.3 Å². The van der Waals surface area contributed by atoms with Crippen molar-refractivity contribution in [3.05, 3.63) is 47.9 Å². The fraction of sp³-hybridized carbons (Fsp3) is 0.133. The minimum absolute atomic E-state index is 0.116. The van der Waals surface area contributed by atoms with E-state index in [9.17, 15) is 0 Å². The zero-order valence-electron chi connectivity index (χ0n) is 11.1. The van der Waals surface area contributed by atoms with Gasteiger partial charge in [-0.25, -0.2) is 15.0 Å². The van der Waals surface area contributed by atoms with Crippen LogP contribution < -0.4 is 5.73 Å². The second-order valence-electron chi connectivity index (χ2n) is 4.48. The molecule has 0 amide bonds. The summed E-state index contributed by atoms with van der Waals surface area (Å²) in [5.74, 6) is 0.295. The molecule has 6 heteroatoms. The lowest BCUT2D eigenvalue weighted by atomic mass is 9.91. The molecule has 6 nitrogen and oxygen atoms in total. The van der Waals surface area contributed by atoms with E-state index in [-0.39, 0.29) is 5.92 Å². The van der Waals surface area contributed by atoms with Gasteiger partial charge in [-0.15, -0.1) is 0 Å². The molecular formula is C15H12N6. The second kappa shape index (κ2) is 5.51. The number of fused-ring (bicyclic) bond motifs is 1. The second-order valence-corrected chi connectivity index (χ2v) is 4.48. The highest BCUT2D eigenvalue weighted by atomic mass is 15.0. The van der Waals surface area contributed by atoms with Crippen LogP contribution in [0.5, 0.6) is 0 Å². The van der Waals surface area contributed by atoms with Gasteiger partial charge in [0, 0.05) is 24.7 Å². The van der Waals surface area contributed by atoms with Crippen molar-refractivity contribution in [2.75, 3.05) is 0 Å². The van der Waals surface area contributed by atoms with Crippen molar-refractivity contribution in [3.63, 3.8) is 0 Å². The molecule has 1 atom stereocenters. The predicted octanol–water partition coefficient (Wildman–Crippen LogP) is 2.23. The van der Waals surface area contributed by atoms with Crippen molar-refractivity contribution in [1.29, 1.82) is 5.26 Å². The van der Waals surface area contributed by atoms with Gasteiger partial charge in [-0.2, -0.15) is 5.26 Å². The molecule has 1 aliphatic heterocycles. The highest BCUT2D eigenvalue weighted by Crippen LogP contribution is 2.39. The molecule has 1 aromatic carbocycles. The maximum Gasteiger partial charge on any atom is 0.181 e. The first-order chi connectivity index (χ1) is 10.3. The normalized spacial score (nSPS) is 16.5. The first-order valence-corrected chi connectivity index (χ1v) is 6.45. The largest absolute Gasteiger partial charge is 0.390 e. The van der Waals surface area contributed by atoms with Crippen LogP contribution in [0.3, 0.4) is 0 Å². The minimum Gasteiger partial charge on any atom is -0.390 e. The van der Waals surface area contributed by atoms with Crippen LogP contribution in [0.2, 0.25) is 0 Å². The quantitative estimate of drug-likeness (QED) is 0.686. The molecule has 102 valence electrons. The number of nitrogens with zero attached hydrogens (tertiary/aromatic N) is 5. The number of benzene rings is 1. The molecule has 1 aromatic heterocycles. The molecule has 3 rings (SSSR count). The summed E-state index contributed by atoms with van der Waals surface area (Å²) in [5, 5.41) is 9.10. The molecule has 0 saturated carbocycles. The molecule has 0 fully saturated rings. The molecule has 2 aromatic rings. The van der Waals surface area contributed by atoms with Crippen LogP contribution in [0.15, 0.2) is 46.6 Å². The Morgan fingerprint density at radius 3 is 2.90 bits per heavy atom. The highest BCUT2D eigenvalue weighted by molar-refractivity contribution is 6.11. The Hall–Kier alpha value is -3.07. The fourth-order valence-corrected chi connectivity index (χ4v) is 2.43. The molecule has 0 radical (unpaired) electrons. The van der Waals surface area contributed by atoms with Gasteiger partial charge in [-0.3, -0.25) is 4.99 Å². The monoisotopic (exact) mass is 276 g/mol. The number of nitriles is 1. The molecule has 0 saturated heterocycles. The predicted molar refractivity (Wildman–Crippen MR) is 80.0 cm³/mol. The number of aromatic nitrogens is 2. The van der Waals surface area contributed by atoms with Gasteiger partial charge < -0.3 is 5.73 Å². The summed E-state index contributed by atoms with van der Waals surface area (Å²) in [6.45, 7) is 0. The van der Waals surface area contributed by atoms with E-state index in [4.69, 9.17) is 11.0 Å². The molecule has 0 aliphatic carbocycles. The molecule has 2 heterocycles. The lowest BCUT2D eigenvalue weighted by Crippen LogP contribution is -2.12. The van der Waals surface area contributed by atoms with Gasteiger partial charge in [0.25, 0.3) is 0 Å². The topological polar surface area (TPSA) is 100 Å². The number of aliphatic imine (C=N–C) groups is 2. The van der Waals surface area contributed by atoms with Crippen LogP contribution in [-0.2, 0) is 0 Å². The Bertz CT molecular complexity index is 772. The number of hydrogen-bond acceptors (Lipinski definition) is 5. The summed E-state index contributed by atoms with van der Waals surface area (Å²) in [5.41, 5.74) is 8.53. The van der Waals surface area contributed by atoms with E-state index in [1.54, 1.807) is 12.4 Å². The summed E-state index contributed by atoms with van der Waals surface area (Å²) in [6.07, 6.45) is 4.64. The Kier molecular flexibility index (Phi) is 3.39. The summed E-state index contributed by atoms with van der Waals surface area (Å²) in [7, 11) is 0. The lowest BCUT2D eigenvalue weighted by molar-refractivity contribution is 0.934. The molecule has 1 aliphatic rings. The Labute approximate surface area is 121 Å². The van der Waals surface area contributed by atoms with Crippen molar-refractivity contribution in [3.8, 4) is 6.07 Å². The molecular weight excluding hydrogens is 264 g/mol. The Morgan fingerprint density at radius 1 is 1.29 bits per heavy atom. The van der Waals surface area contributed by atoms with E-state index >= 15 is 0 Å². The van der Waals surface area contributed by atoms with Crippen LogP contribution in [0.1, 0.15) is 23.6 Å². The number of rotatable bonds is 3. The third kappa shape index (κ3) is 2.25. The number of hydrogen-bond donors (Lipinski definition) is 1. The lowest BCUT2D eigenvalue weighted by Gasteiger charge is -2.11. The van der Waals surface area contributed by atoms with Crippen LogP contribution >= 0.6 is 0 Å². The SMILES string of the molecule is N#CCC1C(c2nccnc2N=CN)=Nc2ccccc21. The zero-order valence-corrected chi connectivity index (χ0v) is 11.1. The maximum atomic E-state index is 9.10. The van der Waals surface area contributed by atoms with Crippen LogP contribution in [0.4, 0.5) is 11.5 Å². The van der Waals surface area contributed by atoms with Gasteiger partial charge in [-0.05, 0) is 11.6 Å². The molecule has 1 unspecified atom stereocenters. The third-order valence-corrected chi connectivity index (χ3v) is 3.30. The average Bonchev–Trinajstić information content (AvgIpc) is 2.88. The van der Waals surface area contributed by atoms with Crippen molar-refractivity contribution in [1.82, 2.24) is 9.97 Å². The zero-order chi connectivity index (χ0) is 14.7.